The highest BCUT2D eigenvalue weighted by molar-refractivity contribution is 6.42. The van der Waals surface area contributed by atoms with Gasteiger partial charge in [0.1, 0.15) is 0 Å². The summed E-state index contributed by atoms with van der Waals surface area (Å²) in [7, 11) is 0. The summed E-state index contributed by atoms with van der Waals surface area (Å²) in [5.41, 5.74) is 6.17. The van der Waals surface area contributed by atoms with Crippen molar-refractivity contribution in [1.82, 2.24) is 5.43 Å². The van der Waals surface area contributed by atoms with Crippen molar-refractivity contribution in [3.05, 3.63) is 69.2 Å². The second-order valence-electron chi connectivity index (χ2n) is 4.55. The van der Waals surface area contributed by atoms with Crippen molar-refractivity contribution >= 4 is 23.2 Å². The summed E-state index contributed by atoms with van der Waals surface area (Å²) in [6.45, 7) is 2.06. The van der Waals surface area contributed by atoms with Gasteiger partial charge in [-0.15, -0.1) is 0 Å². The average molecular weight is 295 g/mol. The molecule has 0 aromatic heterocycles. The summed E-state index contributed by atoms with van der Waals surface area (Å²) in [5, 5.41) is 1.16. The van der Waals surface area contributed by atoms with Gasteiger partial charge in [-0.2, -0.15) is 0 Å². The van der Waals surface area contributed by atoms with Gasteiger partial charge in [-0.3, -0.25) is 11.3 Å². The van der Waals surface area contributed by atoms with Gasteiger partial charge in [-0.25, -0.2) is 0 Å². The Morgan fingerprint density at radius 1 is 1.11 bits per heavy atom. The lowest BCUT2D eigenvalue weighted by Gasteiger charge is -2.17. The Labute approximate surface area is 123 Å². The summed E-state index contributed by atoms with van der Waals surface area (Å²) in [5.74, 6) is 5.65. The summed E-state index contributed by atoms with van der Waals surface area (Å²) in [6, 6.07) is 13.9. The van der Waals surface area contributed by atoms with Crippen LogP contribution >= 0.6 is 23.2 Å². The standard InChI is InChI=1S/C15H16Cl2N2/c1-10-5-7-11(8-6-10)14(19-18)9-12-3-2-4-13(16)15(12)17/h2-8,14,19H,9,18H2,1H3. The van der Waals surface area contributed by atoms with Crippen LogP contribution in [0.15, 0.2) is 42.5 Å². The molecule has 4 heteroatoms. The first-order valence-electron chi connectivity index (χ1n) is 6.07. The summed E-state index contributed by atoms with van der Waals surface area (Å²) < 4.78 is 0. The van der Waals surface area contributed by atoms with Gasteiger partial charge in [0.25, 0.3) is 0 Å². The molecular weight excluding hydrogens is 279 g/mol. The lowest BCUT2D eigenvalue weighted by atomic mass is 9.98. The Bertz CT molecular complexity index is 553. The molecule has 0 saturated carbocycles. The molecule has 1 unspecified atom stereocenters. The van der Waals surface area contributed by atoms with Crippen LogP contribution < -0.4 is 11.3 Å². The molecule has 0 spiro atoms. The topological polar surface area (TPSA) is 38.0 Å². The number of aryl methyl sites for hydroxylation is 1. The van der Waals surface area contributed by atoms with Crippen molar-refractivity contribution in [3.63, 3.8) is 0 Å². The van der Waals surface area contributed by atoms with Gasteiger partial charge in [-0.1, -0.05) is 65.2 Å². The molecule has 0 radical (unpaired) electrons. The minimum atomic E-state index is 0.0107. The Balaban J connectivity index is 2.24. The molecule has 0 fully saturated rings. The van der Waals surface area contributed by atoms with Crippen LogP contribution in [0.1, 0.15) is 22.7 Å². The molecular formula is C15H16Cl2N2. The highest BCUT2D eigenvalue weighted by Crippen LogP contribution is 2.29. The first-order chi connectivity index (χ1) is 9.11. The van der Waals surface area contributed by atoms with E-state index in [9.17, 15) is 0 Å². The molecule has 2 aromatic rings. The van der Waals surface area contributed by atoms with E-state index in [2.05, 4.69) is 36.6 Å². The molecule has 100 valence electrons. The monoisotopic (exact) mass is 294 g/mol. The number of hydrogen-bond donors (Lipinski definition) is 2. The number of benzene rings is 2. The Morgan fingerprint density at radius 2 is 1.79 bits per heavy atom. The van der Waals surface area contributed by atoms with Crippen molar-refractivity contribution in [2.24, 2.45) is 5.84 Å². The molecule has 2 rings (SSSR count). The fraction of sp³-hybridized carbons (Fsp3) is 0.200. The van der Waals surface area contributed by atoms with Crippen LogP contribution in [0.4, 0.5) is 0 Å². The van der Waals surface area contributed by atoms with Crippen molar-refractivity contribution in [2.75, 3.05) is 0 Å². The van der Waals surface area contributed by atoms with Crippen molar-refractivity contribution in [1.29, 1.82) is 0 Å². The lowest BCUT2D eigenvalue weighted by Crippen LogP contribution is -2.29. The normalized spacial score (nSPS) is 12.4. The average Bonchev–Trinajstić information content (AvgIpc) is 2.42. The maximum Gasteiger partial charge on any atom is 0.0624 e. The zero-order chi connectivity index (χ0) is 13.8. The molecule has 0 aliphatic carbocycles. The number of nitrogens with two attached hydrogens (primary N) is 1. The zero-order valence-corrected chi connectivity index (χ0v) is 12.2. The SMILES string of the molecule is Cc1ccc(C(Cc2cccc(Cl)c2Cl)NN)cc1. The van der Waals surface area contributed by atoms with Gasteiger partial charge >= 0.3 is 0 Å². The first kappa shape index (κ1) is 14.4. The Morgan fingerprint density at radius 3 is 2.42 bits per heavy atom. The highest BCUT2D eigenvalue weighted by Gasteiger charge is 2.13. The number of halogens is 2. The summed E-state index contributed by atoms with van der Waals surface area (Å²) >= 11 is 12.2. The van der Waals surface area contributed by atoms with E-state index in [1.54, 1.807) is 6.07 Å². The Hall–Kier alpha value is -1.06. The van der Waals surface area contributed by atoms with Crippen molar-refractivity contribution in [2.45, 2.75) is 19.4 Å². The maximum absolute atomic E-state index is 6.21. The quantitative estimate of drug-likeness (QED) is 0.659. The molecule has 2 aromatic carbocycles. The van der Waals surface area contributed by atoms with Crippen molar-refractivity contribution in [3.8, 4) is 0 Å². The van der Waals surface area contributed by atoms with Crippen LogP contribution in [0.5, 0.6) is 0 Å². The number of rotatable bonds is 4. The Kier molecular flexibility index (Phi) is 4.83. The molecule has 0 saturated heterocycles. The van der Waals surface area contributed by atoms with E-state index in [-0.39, 0.29) is 6.04 Å². The number of hydrogen-bond acceptors (Lipinski definition) is 2. The van der Waals surface area contributed by atoms with Gasteiger partial charge in [0, 0.05) is 0 Å². The van der Waals surface area contributed by atoms with Gasteiger partial charge in [0.15, 0.2) is 0 Å². The molecule has 0 heterocycles. The lowest BCUT2D eigenvalue weighted by molar-refractivity contribution is 0.552. The van der Waals surface area contributed by atoms with Crippen LogP contribution in [-0.4, -0.2) is 0 Å². The molecule has 1 atom stereocenters. The predicted molar refractivity (Wildman–Crippen MR) is 81.4 cm³/mol. The van der Waals surface area contributed by atoms with E-state index in [1.807, 2.05) is 12.1 Å². The fourth-order valence-corrected chi connectivity index (χ4v) is 2.40. The first-order valence-corrected chi connectivity index (χ1v) is 6.83. The smallest absolute Gasteiger partial charge is 0.0624 e. The second kappa shape index (κ2) is 6.40. The van der Waals surface area contributed by atoms with E-state index in [4.69, 9.17) is 29.0 Å². The fourth-order valence-electron chi connectivity index (χ4n) is 2.00. The van der Waals surface area contributed by atoms with E-state index in [1.165, 1.54) is 5.56 Å². The summed E-state index contributed by atoms with van der Waals surface area (Å²) in [6.07, 6.45) is 0.693. The third-order valence-electron chi connectivity index (χ3n) is 3.14. The molecule has 0 amide bonds. The van der Waals surface area contributed by atoms with Crippen LogP contribution in [-0.2, 0) is 6.42 Å². The third kappa shape index (κ3) is 3.48. The van der Waals surface area contributed by atoms with Crippen LogP contribution in [0.3, 0.4) is 0 Å². The minimum Gasteiger partial charge on any atom is -0.271 e. The zero-order valence-electron chi connectivity index (χ0n) is 10.7. The van der Waals surface area contributed by atoms with E-state index >= 15 is 0 Å². The van der Waals surface area contributed by atoms with E-state index in [0.717, 1.165) is 11.1 Å². The third-order valence-corrected chi connectivity index (χ3v) is 3.99. The molecule has 0 bridgehead atoms. The second-order valence-corrected chi connectivity index (χ2v) is 5.33. The maximum atomic E-state index is 6.21. The molecule has 19 heavy (non-hydrogen) atoms. The van der Waals surface area contributed by atoms with Crippen LogP contribution in [0.2, 0.25) is 10.0 Å². The largest absolute Gasteiger partial charge is 0.271 e. The van der Waals surface area contributed by atoms with E-state index in [0.29, 0.717) is 16.5 Å². The number of nitrogens with one attached hydrogen (secondary N) is 1. The van der Waals surface area contributed by atoms with Gasteiger partial charge in [0.05, 0.1) is 16.1 Å². The van der Waals surface area contributed by atoms with E-state index < -0.39 is 0 Å². The highest BCUT2D eigenvalue weighted by atomic mass is 35.5. The predicted octanol–water partition coefficient (Wildman–Crippen LogP) is 4.05. The van der Waals surface area contributed by atoms with Gasteiger partial charge < -0.3 is 0 Å². The summed E-state index contributed by atoms with van der Waals surface area (Å²) in [4.78, 5) is 0. The molecule has 0 aliphatic heterocycles. The molecule has 2 nitrogen and oxygen atoms in total. The van der Waals surface area contributed by atoms with Gasteiger partial charge in [-0.05, 0) is 30.5 Å². The van der Waals surface area contributed by atoms with Gasteiger partial charge in [0.2, 0.25) is 0 Å². The van der Waals surface area contributed by atoms with Crippen LogP contribution in [0.25, 0.3) is 0 Å². The molecule has 3 N–H and O–H groups in total. The number of hydrazine groups is 1. The van der Waals surface area contributed by atoms with Crippen LogP contribution in [0, 0.1) is 6.92 Å². The molecule has 0 aliphatic rings. The minimum absolute atomic E-state index is 0.0107. The van der Waals surface area contributed by atoms with Crippen molar-refractivity contribution < 1.29 is 0 Å².